The molecule has 5 aromatic rings. The van der Waals surface area contributed by atoms with Crippen molar-refractivity contribution in [3.05, 3.63) is 96.4 Å². The number of carbonyl (C=O) groups excluding carboxylic acids is 2. The highest BCUT2D eigenvalue weighted by Gasteiger charge is 2.18. The van der Waals surface area contributed by atoms with Gasteiger partial charge < -0.3 is 9.64 Å². The van der Waals surface area contributed by atoms with Gasteiger partial charge in [-0.1, -0.05) is 62.5 Å². The summed E-state index contributed by atoms with van der Waals surface area (Å²) in [6.07, 6.45) is 11.5. The number of aryl methyl sites for hydroxylation is 1. The number of amides is 2. The first-order valence-corrected chi connectivity index (χ1v) is 21.8. The van der Waals surface area contributed by atoms with Crippen LogP contribution in [0.25, 0.3) is 27.7 Å². The van der Waals surface area contributed by atoms with E-state index in [0.29, 0.717) is 24.7 Å². The number of imidazole rings is 1. The lowest BCUT2D eigenvalue weighted by Gasteiger charge is -2.26. The lowest BCUT2D eigenvalue weighted by molar-refractivity contribution is -0.132. The molecule has 0 atom stereocenters. The van der Waals surface area contributed by atoms with E-state index >= 15 is 0 Å². The minimum Gasteiger partial charge on any atom is -0.360 e. The molecule has 3 aromatic carbocycles. The summed E-state index contributed by atoms with van der Waals surface area (Å²) in [7, 11) is -1.14. The van der Waals surface area contributed by atoms with E-state index in [4.69, 9.17) is 9.72 Å². The Morgan fingerprint density at radius 3 is 2.48 bits per heavy atom. The maximum Gasteiger partial charge on any atom is 0.258 e. The van der Waals surface area contributed by atoms with Crippen LogP contribution in [0.5, 0.6) is 0 Å². The molecule has 3 heterocycles. The van der Waals surface area contributed by atoms with Gasteiger partial charge in [-0.25, -0.2) is 9.67 Å². The number of para-hydroxylation sites is 1. The number of ether oxygens (including phenoxy) is 1. The molecule has 2 amide bonds. The average Bonchev–Trinajstić information content (AvgIpc) is 3.73. The van der Waals surface area contributed by atoms with E-state index in [0.717, 1.165) is 97.7 Å². The molecule has 0 radical (unpaired) electrons. The summed E-state index contributed by atoms with van der Waals surface area (Å²) < 4.78 is 9.77. The van der Waals surface area contributed by atoms with E-state index in [1.54, 1.807) is 0 Å². The van der Waals surface area contributed by atoms with Crippen molar-refractivity contribution in [1.29, 1.82) is 0 Å². The van der Waals surface area contributed by atoms with Gasteiger partial charge >= 0.3 is 0 Å². The number of piperidine rings is 1. The summed E-state index contributed by atoms with van der Waals surface area (Å²) in [5, 5.41) is 8.67. The molecule has 0 spiro atoms. The Morgan fingerprint density at radius 2 is 1.68 bits per heavy atom. The molecule has 10 heteroatoms. The zero-order chi connectivity index (χ0) is 34.9. The Balaban J connectivity index is 1.10. The average molecular weight is 691 g/mol. The minimum atomic E-state index is -1.14. The van der Waals surface area contributed by atoms with Gasteiger partial charge in [0.15, 0.2) is 0 Å². The second kappa shape index (κ2) is 16.4. The Bertz CT molecular complexity index is 1890. The van der Waals surface area contributed by atoms with Crippen LogP contribution in [0.15, 0.2) is 85.2 Å². The van der Waals surface area contributed by atoms with Gasteiger partial charge in [-0.2, -0.15) is 5.10 Å². The van der Waals surface area contributed by atoms with Gasteiger partial charge in [0.05, 0.1) is 17.4 Å². The van der Waals surface area contributed by atoms with Crippen LogP contribution >= 0.6 is 0 Å². The molecule has 50 heavy (non-hydrogen) atoms. The first-order chi connectivity index (χ1) is 24.2. The smallest absolute Gasteiger partial charge is 0.258 e. The van der Waals surface area contributed by atoms with Crippen LogP contribution in [0.4, 0.5) is 5.95 Å². The number of anilines is 1. The monoisotopic (exact) mass is 690 g/mol. The molecule has 262 valence electrons. The van der Waals surface area contributed by atoms with Crippen molar-refractivity contribution in [3.63, 3.8) is 0 Å². The predicted molar refractivity (Wildman–Crippen MR) is 203 cm³/mol. The number of benzene rings is 3. The predicted octanol–water partition coefficient (Wildman–Crippen LogP) is 8.57. The van der Waals surface area contributed by atoms with Crippen molar-refractivity contribution in [2.75, 3.05) is 25.0 Å². The summed E-state index contributed by atoms with van der Waals surface area (Å²) in [5.41, 5.74) is 5.37. The number of unbranched alkanes of at least 4 members (excludes halogenated alkanes) is 2. The fourth-order valence-electron chi connectivity index (χ4n) is 6.40. The summed E-state index contributed by atoms with van der Waals surface area (Å²) in [6, 6.07) is 25.0. The Hall–Kier alpha value is -4.54. The molecular formula is C40H50N6O3Si. The third kappa shape index (κ3) is 9.37. The molecule has 1 aliphatic heterocycles. The van der Waals surface area contributed by atoms with Crippen LogP contribution < -0.4 is 5.32 Å². The largest absolute Gasteiger partial charge is 0.360 e. The molecule has 2 aromatic heterocycles. The first-order valence-electron chi connectivity index (χ1n) is 18.1. The number of fused-ring (bicyclic) bond motifs is 1. The number of aromatic nitrogens is 4. The summed E-state index contributed by atoms with van der Waals surface area (Å²) in [4.78, 5) is 33.1. The van der Waals surface area contributed by atoms with Crippen molar-refractivity contribution in [1.82, 2.24) is 24.2 Å². The number of hydrogen-bond donors (Lipinski definition) is 1. The SMILES string of the molecule is C[Si](C)(C)CCOCn1ncc2cc(-c3cccc(C(=O)Nc4nc(CCCCCC(=O)N5CCCCC5)cn4-c4ccccc4)c3)ccc21. The molecule has 0 saturated carbocycles. The van der Waals surface area contributed by atoms with Crippen LogP contribution in [0.2, 0.25) is 25.7 Å². The van der Waals surface area contributed by atoms with Crippen molar-refractivity contribution >= 4 is 36.7 Å². The summed E-state index contributed by atoms with van der Waals surface area (Å²) >= 11 is 0. The minimum absolute atomic E-state index is 0.221. The van der Waals surface area contributed by atoms with Crippen LogP contribution in [-0.2, 0) is 22.7 Å². The second-order valence-electron chi connectivity index (χ2n) is 14.6. The lowest BCUT2D eigenvalue weighted by Crippen LogP contribution is -2.35. The summed E-state index contributed by atoms with van der Waals surface area (Å²) in [6.45, 7) is 10.0. The zero-order valence-electron chi connectivity index (χ0n) is 29.7. The molecule has 0 aliphatic carbocycles. The number of nitrogens with one attached hydrogen (secondary N) is 1. The molecule has 0 bridgehead atoms. The normalized spacial score (nSPS) is 13.5. The van der Waals surface area contributed by atoms with Crippen LogP contribution in [0, 0.1) is 0 Å². The third-order valence-corrected chi connectivity index (χ3v) is 11.1. The topological polar surface area (TPSA) is 94.3 Å². The molecule has 1 saturated heterocycles. The van der Waals surface area contributed by atoms with E-state index in [-0.39, 0.29) is 11.8 Å². The van der Waals surface area contributed by atoms with Gasteiger partial charge in [0.1, 0.15) is 6.73 Å². The van der Waals surface area contributed by atoms with Gasteiger partial charge in [0.2, 0.25) is 11.9 Å². The van der Waals surface area contributed by atoms with Crippen molar-refractivity contribution < 1.29 is 14.3 Å². The molecule has 1 fully saturated rings. The summed E-state index contributed by atoms with van der Waals surface area (Å²) in [5.74, 6) is 0.557. The number of likely N-dealkylation sites (tertiary alicyclic amines) is 1. The third-order valence-electron chi connectivity index (χ3n) is 9.36. The van der Waals surface area contributed by atoms with Crippen molar-refractivity contribution in [3.8, 4) is 16.8 Å². The van der Waals surface area contributed by atoms with E-state index in [9.17, 15) is 9.59 Å². The van der Waals surface area contributed by atoms with Gasteiger partial charge in [0.25, 0.3) is 5.91 Å². The standard InChI is InChI=1S/C40H50N6O3Si/c1-50(2,3)25-24-49-30-46-37-21-20-32(27-34(37)28-41-46)31-14-13-15-33(26-31)39(48)43-40-42-35(29-45(40)36-17-8-5-9-18-36)16-7-4-10-19-38(47)44-22-11-6-12-23-44/h5,8-9,13-15,17-18,20-21,26-29H,4,6-7,10-12,16,19,22-25,30H2,1-3H3,(H,42,43,48). The molecule has 9 nitrogen and oxygen atoms in total. The molecular weight excluding hydrogens is 641 g/mol. The Labute approximate surface area is 296 Å². The van der Waals surface area contributed by atoms with Crippen LogP contribution in [-0.4, -0.2) is 63.8 Å². The quantitative estimate of drug-likeness (QED) is 0.0878. The highest BCUT2D eigenvalue weighted by molar-refractivity contribution is 6.76. The number of carbonyl (C=O) groups is 2. The highest BCUT2D eigenvalue weighted by atomic mass is 28.3. The fraction of sp³-hybridized carbons (Fsp3) is 0.400. The number of nitrogens with zero attached hydrogens (tertiary/aromatic N) is 5. The Morgan fingerprint density at radius 1 is 0.880 bits per heavy atom. The Kier molecular flexibility index (Phi) is 11.6. The fourth-order valence-corrected chi connectivity index (χ4v) is 7.15. The number of rotatable bonds is 15. The van der Waals surface area contributed by atoms with E-state index < -0.39 is 8.07 Å². The van der Waals surface area contributed by atoms with E-state index in [2.05, 4.69) is 48.3 Å². The molecule has 0 unspecified atom stereocenters. The van der Waals surface area contributed by atoms with Crippen molar-refractivity contribution in [2.24, 2.45) is 0 Å². The molecule has 1 N–H and O–H groups in total. The van der Waals surface area contributed by atoms with Gasteiger partial charge in [0, 0.05) is 57.0 Å². The van der Waals surface area contributed by atoms with Gasteiger partial charge in [-0.3, -0.25) is 19.5 Å². The zero-order valence-corrected chi connectivity index (χ0v) is 30.7. The van der Waals surface area contributed by atoms with Gasteiger partial charge in [-0.05, 0) is 92.1 Å². The first kappa shape index (κ1) is 35.3. The number of hydrogen-bond acceptors (Lipinski definition) is 5. The molecule has 6 rings (SSSR count). The highest BCUT2D eigenvalue weighted by Crippen LogP contribution is 2.26. The van der Waals surface area contributed by atoms with Crippen LogP contribution in [0.1, 0.15) is 61.0 Å². The van der Waals surface area contributed by atoms with Crippen molar-refractivity contribution in [2.45, 2.75) is 83.8 Å². The lowest BCUT2D eigenvalue weighted by atomic mass is 10.0. The second-order valence-corrected chi connectivity index (χ2v) is 20.2. The van der Waals surface area contributed by atoms with Gasteiger partial charge in [-0.15, -0.1) is 0 Å². The maximum absolute atomic E-state index is 13.7. The van der Waals surface area contributed by atoms with E-state index in [1.807, 2.05) is 81.1 Å². The maximum atomic E-state index is 13.7. The van der Waals surface area contributed by atoms with E-state index in [1.165, 1.54) is 6.42 Å². The van der Waals surface area contributed by atoms with Crippen LogP contribution in [0.3, 0.4) is 0 Å². The molecule has 1 aliphatic rings.